The predicted molar refractivity (Wildman–Crippen MR) is 88.4 cm³/mol. The summed E-state index contributed by atoms with van der Waals surface area (Å²) in [4.78, 5) is 2.60. The summed E-state index contributed by atoms with van der Waals surface area (Å²) in [7, 11) is 0. The third-order valence-electron chi connectivity index (χ3n) is 4.78. The minimum absolute atomic E-state index is 0.495. The van der Waals surface area contributed by atoms with Crippen molar-refractivity contribution in [1.82, 2.24) is 20.0 Å². The number of hydrogen-bond donors (Lipinski definition) is 1. The van der Waals surface area contributed by atoms with Crippen molar-refractivity contribution in [2.24, 2.45) is 0 Å². The third-order valence-corrected chi connectivity index (χ3v) is 4.78. The van der Waals surface area contributed by atoms with Gasteiger partial charge in [0.25, 0.3) is 0 Å². The van der Waals surface area contributed by atoms with E-state index in [9.17, 15) is 0 Å². The second kappa shape index (κ2) is 7.95. The molecule has 3 unspecified atom stereocenters. The van der Waals surface area contributed by atoms with Crippen molar-refractivity contribution in [3.63, 3.8) is 0 Å². The molecule has 1 fully saturated rings. The predicted octanol–water partition coefficient (Wildman–Crippen LogP) is 3.21. The highest BCUT2D eigenvalue weighted by Gasteiger charge is 2.23. The molecule has 1 saturated heterocycles. The molecule has 2 rings (SSSR count). The van der Waals surface area contributed by atoms with Gasteiger partial charge in [-0.05, 0) is 45.7 Å². The van der Waals surface area contributed by atoms with Crippen LogP contribution in [0.2, 0.25) is 0 Å². The van der Waals surface area contributed by atoms with Gasteiger partial charge in [-0.3, -0.25) is 9.58 Å². The van der Waals surface area contributed by atoms with Gasteiger partial charge in [-0.25, -0.2) is 0 Å². The van der Waals surface area contributed by atoms with Crippen molar-refractivity contribution in [3.8, 4) is 0 Å². The van der Waals surface area contributed by atoms with Gasteiger partial charge in [-0.2, -0.15) is 5.10 Å². The van der Waals surface area contributed by atoms with Crippen molar-refractivity contribution in [2.45, 2.75) is 78.0 Å². The fourth-order valence-electron chi connectivity index (χ4n) is 3.07. The van der Waals surface area contributed by atoms with Crippen molar-refractivity contribution in [2.75, 3.05) is 13.1 Å². The SMILES string of the molecule is CCCC1CN(Cc2ccn(C(C)CC)n2)C(C)CCN1. The van der Waals surface area contributed by atoms with E-state index in [4.69, 9.17) is 5.10 Å². The summed E-state index contributed by atoms with van der Waals surface area (Å²) in [5.41, 5.74) is 1.21. The van der Waals surface area contributed by atoms with Crippen LogP contribution in [0.15, 0.2) is 12.3 Å². The number of hydrogen-bond acceptors (Lipinski definition) is 3. The Hall–Kier alpha value is -0.870. The van der Waals surface area contributed by atoms with E-state index >= 15 is 0 Å². The lowest BCUT2D eigenvalue weighted by atomic mass is 10.1. The van der Waals surface area contributed by atoms with E-state index in [0.717, 1.165) is 26.1 Å². The monoisotopic (exact) mass is 292 g/mol. The molecule has 21 heavy (non-hydrogen) atoms. The molecule has 0 spiro atoms. The molecular weight excluding hydrogens is 260 g/mol. The summed E-state index contributed by atoms with van der Waals surface area (Å²) in [5, 5.41) is 8.46. The molecule has 4 heteroatoms. The third kappa shape index (κ3) is 4.55. The average molecular weight is 292 g/mol. The molecule has 2 heterocycles. The van der Waals surface area contributed by atoms with E-state index in [1.165, 1.54) is 25.0 Å². The van der Waals surface area contributed by atoms with Gasteiger partial charge in [0.05, 0.1) is 5.69 Å². The van der Waals surface area contributed by atoms with Gasteiger partial charge in [0, 0.05) is 37.4 Å². The maximum absolute atomic E-state index is 4.77. The molecule has 1 aliphatic rings. The quantitative estimate of drug-likeness (QED) is 0.874. The Morgan fingerprint density at radius 1 is 1.43 bits per heavy atom. The van der Waals surface area contributed by atoms with Crippen LogP contribution in [0.3, 0.4) is 0 Å². The Morgan fingerprint density at radius 3 is 2.95 bits per heavy atom. The summed E-state index contributed by atoms with van der Waals surface area (Å²) in [6, 6.07) is 3.95. The van der Waals surface area contributed by atoms with Crippen LogP contribution in [0.25, 0.3) is 0 Å². The minimum Gasteiger partial charge on any atom is -0.313 e. The number of rotatable bonds is 6. The van der Waals surface area contributed by atoms with E-state index in [2.05, 4.69) is 54.9 Å². The average Bonchev–Trinajstić information content (AvgIpc) is 2.87. The summed E-state index contributed by atoms with van der Waals surface area (Å²) in [5.74, 6) is 0. The Bertz CT molecular complexity index is 415. The summed E-state index contributed by atoms with van der Waals surface area (Å²) in [6.07, 6.45) is 7.01. The van der Waals surface area contributed by atoms with Gasteiger partial charge in [0.1, 0.15) is 0 Å². The molecule has 0 saturated carbocycles. The zero-order valence-electron chi connectivity index (χ0n) is 14.2. The zero-order chi connectivity index (χ0) is 15.2. The van der Waals surface area contributed by atoms with Crippen LogP contribution in [-0.4, -0.2) is 39.9 Å². The maximum atomic E-state index is 4.77. The first-order valence-corrected chi connectivity index (χ1v) is 8.65. The molecule has 1 aromatic heterocycles. The molecule has 1 aliphatic heterocycles. The molecule has 3 atom stereocenters. The van der Waals surface area contributed by atoms with Crippen molar-refractivity contribution in [1.29, 1.82) is 0 Å². The highest BCUT2D eigenvalue weighted by atomic mass is 15.3. The van der Waals surface area contributed by atoms with Gasteiger partial charge in [-0.15, -0.1) is 0 Å². The first kappa shape index (κ1) is 16.5. The van der Waals surface area contributed by atoms with E-state index in [1.807, 2.05) is 0 Å². The molecule has 1 aromatic rings. The summed E-state index contributed by atoms with van der Waals surface area (Å²) >= 11 is 0. The summed E-state index contributed by atoms with van der Waals surface area (Å²) < 4.78 is 2.11. The topological polar surface area (TPSA) is 33.1 Å². The van der Waals surface area contributed by atoms with Gasteiger partial charge < -0.3 is 5.32 Å². The van der Waals surface area contributed by atoms with Crippen LogP contribution in [0.5, 0.6) is 0 Å². The molecule has 4 nitrogen and oxygen atoms in total. The minimum atomic E-state index is 0.495. The number of aromatic nitrogens is 2. The van der Waals surface area contributed by atoms with E-state index < -0.39 is 0 Å². The molecule has 0 amide bonds. The normalized spacial score (nSPS) is 25.7. The second-order valence-electron chi connectivity index (χ2n) is 6.55. The molecule has 1 N–H and O–H groups in total. The van der Waals surface area contributed by atoms with Crippen LogP contribution in [-0.2, 0) is 6.54 Å². The lowest BCUT2D eigenvalue weighted by Crippen LogP contribution is -2.39. The van der Waals surface area contributed by atoms with Gasteiger partial charge in [-0.1, -0.05) is 20.3 Å². The van der Waals surface area contributed by atoms with Gasteiger partial charge >= 0.3 is 0 Å². The van der Waals surface area contributed by atoms with E-state index in [-0.39, 0.29) is 0 Å². The Kier molecular flexibility index (Phi) is 6.24. The van der Waals surface area contributed by atoms with Crippen LogP contribution in [0.1, 0.15) is 65.1 Å². The Morgan fingerprint density at radius 2 is 2.24 bits per heavy atom. The zero-order valence-corrected chi connectivity index (χ0v) is 14.2. The van der Waals surface area contributed by atoms with Crippen molar-refractivity contribution < 1.29 is 0 Å². The van der Waals surface area contributed by atoms with Crippen molar-refractivity contribution >= 4 is 0 Å². The molecular formula is C17H32N4. The first-order chi connectivity index (χ1) is 10.1. The van der Waals surface area contributed by atoms with E-state index in [0.29, 0.717) is 18.1 Å². The lowest BCUT2D eigenvalue weighted by Gasteiger charge is -2.28. The van der Waals surface area contributed by atoms with Crippen molar-refractivity contribution in [3.05, 3.63) is 18.0 Å². The Balaban J connectivity index is 1.99. The van der Waals surface area contributed by atoms with Crippen LogP contribution < -0.4 is 5.32 Å². The molecule has 0 bridgehead atoms. The smallest absolute Gasteiger partial charge is 0.0765 e. The molecule has 120 valence electrons. The standard InChI is InChI=1S/C17H32N4/c1-5-7-16-12-20(15(4)8-10-18-16)13-17-9-11-21(19-17)14(3)6-2/h9,11,14-16,18H,5-8,10,12-13H2,1-4H3. The highest BCUT2D eigenvalue weighted by molar-refractivity contribution is 5.00. The maximum Gasteiger partial charge on any atom is 0.0765 e. The Labute approximate surface area is 129 Å². The number of nitrogens with zero attached hydrogens (tertiary/aromatic N) is 3. The summed E-state index contributed by atoms with van der Waals surface area (Å²) in [6.45, 7) is 12.3. The van der Waals surface area contributed by atoms with Crippen LogP contribution >= 0.6 is 0 Å². The van der Waals surface area contributed by atoms with E-state index in [1.54, 1.807) is 0 Å². The number of nitrogens with one attached hydrogen (secondary N) is 1. The molecule has 0 aliphatic carbocycles. The largest absolute Gasteiger partial charge is 0.313 e. The van der Waals surface area contributed by atoms with Crippen LogP contribution in [0, 0.1) is 0 Å². The molecule has 0 radical (unpaired) electrons. The van der Waals surface area contributed by atoms with Crippen LogP contribution in [0.4, 0.5) is 0 Å². The first-order valence-electron chi connectivity index (χ1n) is 8.65. The highest BCUT2D eigenvalue weighted by Crippen LogP contribution is 2.16. The van der Waals surface area contributed by atoms with Gasteiger partial charge in [0.15, 0.2) is 0 Å². The van der Waals surface area contributed by atoms with Gasteiger partial charge in [0.2, 0.25) is 0 Å². The fourth-order valence-corrected chi connectivity index (χ4v) is 3.07. The molecule has 0 aromatic carbocycles. The fraction of sp³-hybridized carbons (Fsp3) is 0.824. The lowest BCUT2D eigenvalue weighted by molar-refractivity contribution is 0.190. The second-order valence-corrected chi connectivity index (χ2v) is 6.55.